The van der Waals surface area contributed by atoms with Crippen LogP contribution >= 0.6 is 11.3 Å². The largest absolute Gasteiger partial charge is 0.310 e. The van der Waals surface area contributed by atoms with E-state index >= 15 is 0 Å². The van der Waals surface area contributed by atoms with Gasteiger partial charge in [0.2, 0.25) is 0 Å². The van der Waals surface area contributed by atoms with Crippen LogP contribution in [0.1, 0.15) is 22.3 Å². The summed E-state index contributed by atoms with van der Waals surface area (Å²) in [5, 5.41) is 2.58. The van der Waals surface area contributed by atoms with Crippen LogP contribution in [0.3, 0.4) is 0 Å². The molecule has 0 saturated heterocycles. The van der Waals surface area contributed by atoms with Gasteiger partial charge in [0.05, 0.1) is 5.41 Å². The van der Waals surface area contributed by atoms with Crippen LogP contribution in [0, 0.1) is 0 Å². The Balaban J connectivity index is 1.04. The maximum Gasteiger partial charge on any atom is 0.0713 e. The molecule has 0 bridgehead atoms. The van der Waals surface area contributed by atoms with Crippen LogP contribution in [0.2, 0.25) is 0 Å². The molecule has 0 amide bonds. The zero-order valence-corrected chi connectivity index (χ0v) is 32.0. The topological polar surface area (TPSA) is 3.24 Å². The van der Waals surface area contributed by atoms with Gasteiger partial charge in [-0.25, -0.2) is 0 Å². The Hall–Kier alpha value is -7.00. The lowest BCUT2D eigenvalue weighted by Gasteiger charge is -2.34. The number of hydrogen-bond donors (Lipinski definition) is 0. The lowest BCUT2D eigenvalue weighted by molar-refractivity contribution is 0.768. The van der Waals surface area contributed by atoms with Gasteiger partial charge in [0.15, 0.2) is 0 Å². The third-order valence-corrected chi connectivity index (χ3v) is 12.9. The van der Waals surface area contributed by atoms with Crippen molar-refractivity contribution in [3.05, 3.63) is 247 Å². The highest BCUT2D eigenvalue weighted by Gasteiger charge is 2.45. The molecule has 1 aliphatic rings. The average Bonchev–Trinajstić information content (AvgIpc) is 3.81. The van der Waals surface area contributed by atoms with E-state index in [-0.39, 0.29) is 0 Å². The molecule has 0 unspecified atom stereocenters. The number of hydrogen-bond acceptors (Lipinski definition) is 2. The smallest absolute Gasteiger partial charge is 0.0713 e. The minimum Gasteiger partial charge on any atom is -0.310 e. The summed E-state index contributed by atoms with van der Waals surface area (Å²) < 4.78 is 2.61. The summed E-state index contributed by atoms with van der Waals surface area (Å²) in [4.78, 5) is 2.41. The predicted octanol–water partition coefficient (Wildman–Crippen LogP) is 15.2. The van der Waals surface area contributed by atoms with Gasteiger partial charge in [0.25, 0.3) is 0 Å². The van der Waals surface area contributed by atoms with Gasteiger partial charge in [-0.3, -0.25) is 0 Å². The van der Waals surface area contributed by atoms with E-state index in [4.69, 9.17) is 0 Å². The number of rotatable bonds is 7. The zero-order valence-electron chi connectivity index (χ0n) is 31.2. The van der Waals surface area contributed by atoms with Crippen molar-refractivity contribution >= 4 is 48.6 Å². The predicted molar refractivity (Wildman–Crippen MR) is 242 cm³/mol. The van der Waals surface area contributed by atoms with Crippen molar-refractivity contribution in [3.8, 4) is 33.4 Å². The summed E-state index contributed by atoms with van der Waals surface area (Å²) in [7, 11) is 0. The van der Waals surface area contributed by atoms with E-state index in [0.29, 0.717) is 0 Å². The van der Waals surface area contributed by atoms with Crippen molar-refractivity contribution < 1.29 is 0 Å². The Bertz CT molecular complexity index is 2990. The first kappa shape index (κ1) is 33.3. The first-order valence-corrected chi connectivity index (χ1v) is 20.4. The standard InChI is InChI=1S/C55H37NS/c1-3-13-38(14-4-1)39-23-25-40(26-24-39)41-27-31-44(32-28-41)56(46-35-36-54-50(37-46)49-19-9-12-22-53(49)57-54)45-33-29-43(30-34-45)55(42-15-5-2-6-16-42)51-20-10-7-17-47(51)48-18-8-11-21-52(48)55/h1-37H. The van der Waals surface area contributed by atoms with Crippen LogP contribution in [0.4, 0.5) is 17.1 Å². The molecule has 1 heterocycles. The second-order valence-electron chi connectivity index (χ2n) is 14.9. The number of nitrogens with zero attached hydrogens (tertiary/aromatic N) is 1. The average molecular weight is 744 g/mol. The quantitative estimate of drug-likeness (QED) is 0.157. The molecule has 11 rings (SSSR count). The van der Waals surface area contributed by atoms with E-state index in [1.165, 1.54) is 75.8 Å². The monoisotopic (exact) mass is 743 g/mol. The van der Waals surface area contributed by atoms with Gasteiger partial charge in [-0.2, -0.15) is 0 Å². The fourth-order valence-electron chi connectivity index (χ4n) is 9.16. The fraction of sp³-hybridized carbons (Fsp3) is 0.0182. The van der Waals surface area contributed by atoms with E-state index in [1.807, 2.05) is 11.3 Å². The van der Waals surface area contributed by atoms with Gasteiger partial charge in [0.1, 0.15) is 0 Å². The maximum atomic E-state index is 2.41. The summed E-state index contributed by atoms with van der Waals surface area (Å²) in [6, 6.07) is 82.4. The van der Waals surface area contributed by atoms with Crippen LogP contribution < -0.4 is 4.90 Å². The third kappa shape index (κ3) is 5.44. The summed E-state index contributed by atoms with van der Waals surface area (Å²) in [6.45, 7) is 0. The maximum absolute atomic E-state index is 2.41. The number of thiophene rings is 1. The Labute approximate surface area is 337 Å². The summed E-state index contributed by atoms with van der Waals surface area (Å²) in [5.41, 5.74) is 15.5. The summed E-state index contributed by atoms with van der Waals surface area (Å²) >= 11 is 1.86. The van der Waals surface area contributed by atoms with Crippen LogP contribution in [0.5, 0.6) is 0 Å². The van der Waals surface area contributed by atoms with E-state index in [9.17, 15) is 0 Å². The minimum absolute atomic E-state index is 0.440. The van der Waals surface area contributed by atoms with Crippen LogP contribution in [0.15, 0.2) is 224 Å². The highest BCUT2D eigenvalue weighted by molar-refractivity contribution is 7.25. The normalized spacial score (nSPS) is 12.7. The fourth-order valence-corrected chi connectivity index (χ4v) is 10.2. The van der Waals surface area contributed by atoms with Crippen LogP contribution in [-0.4, -0.2) is 0 Å². The highest BCUT2D eigenvalue weighted by Crippen LogP contribution is 2.56. The van der Waals surface area contributed by atoms with Gasteiger partial charge < -0.3 is 4.90 Å². The van der Waals surface area contributed by atoms with Crippen molar-refractivity contribution in [2.45, 2.75) is 5.41 Å². The van der Waals surface area contributed by atoms with Crippen molar-refractivity contribution in [2.24, 2.45) is 0 Å². The number of anilines is 3. The van der Waals surface area contributed by atoms with Gasteiger partial charge >= 0.3 is 0 Å². The molecule has 1 aliphatic carbocycles. The molecule has 0 aliphatic heterocycles. The first-order valence-electron chi connectivity index (χ1n) is 19.6. The van der Waals surface area contributed by atoms with E-state index in [1.54, 1.807) is 0 Å². The number of benzene rings is 9. The molecule has 0 N–H and O–H groups in total. The molecule has 0 atom stereocenters. The molecule has 1 nitrogen and oxygen atoms in total. The van der Waals surface area contributed by atoms with Gasteiger partial charge in [-0.15, -0.1) is 11.3 Å². The zero-order chi connectivity index (χ0) is 37.8. The van der Waals surface area contributed by atoms with Gasteiger partial charge in [-0.05, 0) is 104 Å². The Morgan fingerprint density at radius 1 is 0.316 bits per heavy atom. The minimum atomic E-state index is -0.440. The SMILES string of the molecule is c1ccc(-c2ccc(-c3ccc(N(c4ccc(C5(c6ccccc6)c6ccccc6-c6ccccc65)cc4)c4ccc5sc6ccccc6c5c4)cc3)cc2)cc1. The van der Waals surface area contributed by atoms with E-state index < -0.39 is 5.41 Å². The molecule has 0 radical (unpaired) electrons. The summed E-state index contributed by atoms with van der Waals surface area (Å²) in [6.07, 6.45) is 0. The molecule has 0 spiro atoms. The molecular weight excluding hydrogens is 707 g/mol. The van der Waals surface area contributed by atoms with Crippen molar-refractivity contribution in [1.82, 2.24) is 0 Å². The lowest BCUT2D eigenvalue weighted by Crippen LogP contribution is -2.28. The third-order valence-electron chi connectivity index (χ3n) is 11.8. The second-order valence-corrected chi connectivity index (χ2v) is 15.9. The Morgan fingerprint density at radius 3 is 1.39 bits per heavy atom. The Morgan fingerprint density at radius 2 is 0.754 bits per heavy atom. The van der Waals surface area contributed by atoms with E-state index in [0.717, 1.165) is 17.1 Å². The van der Waals surface area contributed by atoms with Crippen molar-refractivity contribution in [1.29, 1.82) is 0 Å². The number of fused-ring (bicyclic) bond motifs is 6. The molecule has 0 saturated carbocycles. The van der Waals surface area contributed by atoms with Crippen LogP contribution in [-0.2, 0) is 5.41 Å². The second kappa shape index (κ2) is 13.6. The highest BCUT2D eigenvalue weighted by atomic mass is 32.1. The first-order chi connectivity index (χ1) is 28.3. The van der Waals surface area contributed by atoms with Crippen LogP contribution in [0.25, 0.3) is 53.6 Å². The molecule has 268 valence electrons. The molecular formula is C55H37NS. The molecule has 1 aromatic heterocycles. The summed E-state index contributed by atoms with van der Waals surface area (Å²) in [5.74, 6) is 0. The van der Waals surface area contributed by atoms with Gasteiger partial charge in [0, 0.05) is 37.2 Å². The molecule has 10 aromatic rings. The lowest BCUT2D eigenvalue weighted by atomic mass is 9.68. The molecule has 0 fully saturated rings. The Kier molecular flexibility index (Phi) is 7.98. The van der Waals surface area contributed by atoms with E-state index in [2.05, 4.69) is 229 Å². The van der Waals surface area contributed by atoms with Gasteiger partial charge in [-0.1, -0.05) is 176 Å². The molecule has 9 aromatic carbocycles. The van der Waals surface area contributed by atoms with Crippen molar-refractivity contribution in [2.75, 3.05) is 4.90 Å². The molecule has 2 heteroatoms. The molecule has 57 heavy (non-hydrogen) atoms. The van der Waals surface area contributed by atoms with Crippen molar-refractivity contribution in [3.63, 3.8) is 0 Å².